The van der Waals surface area contributed by atoms with Gasteiger partial charge in [0.05, 0.1) is 5.69 Å². The van der Waals surface area contributed by atoms with Gasteiger partial charge in [-0.15, -0.1) is 11.3 Å². The Morgan fingerprint density at radius 1 is 1.17 bits per heavy atom. The highest BCUT2D eigenvalue weighted by atomic mass is 32.2. The first-order chi connectivity index (χ1) is 14.3. The van der Waals surface area contributed by atoms with Crippen molar-refractivity contribution in [2.24, 2.45) is 5.92 Å². The molecule has 2 aromatic rings. The van der Waals surface area contributed by atoms with Gasteiger partial charge in [-0.05, 0) is 51.0 Å². The van der Waals surface area contributed by atoms with Crippen LogP contribution in [0, 0.1) is 12.8 Å². The Balaban J connectivity index is 1.64. The van der Waals surface area contributed by atoms with Crippen molar-refractivity contribution in [2.75, 3.05) is 26.2 Å². The molecule has 0 saturated carbocycles. The molecular weight excluding hydrogens is 420 g/mol. The van der Waals surface area contributed by atoms with Crippen molar-refractivity contribution in [3.05, 3.63) is 23.3 Å². The van der Waals surface area contributed by atoms with Crippen LogP contribution in [0.15, 0.2) is 22.5 Å². The van der Waals surface area contributed by atoms with Gasteiger partial charge in [0.2, 0.25) is 15.9 Å². The lowest BCUT2D eigenvalue weighted by molar-refractivity contribution is -0.132. The summed E-state index contributed by atoms with van der Waals surface area (Å²) in [6.45, 7) is 6.88. The van der Waals surface area contributed by atoms with Crippen molar-refractivity contribution in [3.63, 3.8) is 0 Å². The van der Waals surface area contributed by atoms with Gasteiger partial charge < -0.3 is 9.47 Å². The van der Waals surface area contributed by atoms with E-state index in [-0.39, 0.29) is 17.3 Å². The standard InChI is InChI=1S/C21H30N4O3S2/c1-16-6-10-25(11-7-16)30(27,28)18-12-19(21-22-17(2)15-29-21)24(13-18)14-20(26)23-8-4-3-5-9-23/h12-13,15-16H,3-11,14H2,1-2H3. The van der Waals surface area contributed by atoms with E-state index in [9.17, 15) is 13.2 Å². The number of carbonyl (C=O) groups is 1. The van der Waals surface area contributed by atoms with E-state index in [4.69, 9.17) is 0 Å². The highest BCUT2D eigenvalue weighted by Crippen LogP contribution is 2.31. The van der Waals surface area contributed by atoms with E-state index in [2.05, 4.69) is 11.9 Å². The Kier molecular flexibility index (Phi) is 6.31. The lowest BCUT2D eigenvalue weighted by Crippen LogP contribution is -2.38. The summed E-state index contributed by atoms with van der Waals surface area (Å²) in [5.41, 5.74) is 1.59. The maximum Gasteiger partial charge on any atom is 0.244 e. The molecule has 1 amide bonds. The predicted octanol–water partition coefficient (Wildman–Crippen LogP) is 3.35. The van der Waals surface area contributed by atoms with E-state index in [1.807, 2.05) is 17.2 Å². The number of hydrogen-bond donors (Lipinski definition) is 0. The summed E-state index contributed by atoms with van der Waals surface area (Å²) < 4.78 is 29.9. The highest BCUT2D eigenvalue weighted by molar-refractivity contribution is 7.89. The molecule has 0 radical (unpaired) electrons. The first kappa shape index (κ1) is 21.5. The third kappa shape index (κ3) is 4.48. The van der Waals surface area contributed by atoms with Crippen LogP contribution in [0.4, 0.5) is 0 Å². The molecule has 4 rings (SSSR count). The van der Waals surface area contributed by atoms with Gasteiger partial charge in [0.25, 0.3) is 0 Å². The quantitative estimate of drug-likeness (QED) is 0.700. The first-order valence-electron chi connectivity index (χ1n) is 10.7. The fourth-order valence-electron chi connectivity index (χ4n) is 4.17. The number of likely N-dealkylation sites (tertiary alicyclic amines) is 1. The summed E-state index contributed by atoms with van der Waals surface area (Å²) in [6, 6.07) is 1.69. The van der Waals surface area contributed by atoms with Crippen LogP contribution in [-0.2, 0) is 21.4 Å². The minimum absolute atomic E-state index is 0.0376. The second-order valence-corrected chi connectivity index (χ2v) is 11.3. The second kappa shape index (κ2) is 8.80. The molecule has 0 spiro atoms. The molecule has 2 aliphatic rings. The molecule has 0 N–H and O–H groups in total. The second-order valence-electron chi connectivity index (χ2n) is 8.51. The number of nitrogens with zero attached hydrogens (tertiary/aromatic N) is 4. The smallest absolute Gasteiger partial charge is 0.244 e. The van der Waals surface area contributed by atoms with Gasteiger partial charge in [-0.1, -0.05) is 6.92 Å². The minimum atomic E-state index is -3.58. The molecule has 0 bridgehead atoms. The lowest BCUT2D eigenvalue weighted by Gasteiger charge is -2.29. The topological polar surface area (TPSA) is 75.5 Å². The van der Waals surface area contributed by atoms with Gasteiger partial charge in [0.15, 0.2) is 0 Å². The highest BCUT2D eigenvalue weighted by Gasteiger charge is 2.30. The average molecular weight is 451 g/mol. The summed E-state index contributed by atoms with van der Waals surface area (Å²) in [7, 11) is -3.58. The van der Waals surface area contributed by atoms with Gasteiger partial charge in [-0.3, -0.25) is 4.79 Å². The minimum Gasteiger partial charge on any atom is -0.341 e. The number of amides is 1. The molecule has 0 aromatic carbocycles. The molecule has 4 heterocycles. The molecule has 2 aliphatic heterocycles. The van der Waals surface area contributed by atoms with Crippen LogP contribution in [0.1, 0.15) is 44.7 Å². The summed E-state index contributed by atoms with van der Waals surface area (Å²) in [5, 5.41) is 2.69. The fraction of sp³-hybridized carbons (Fsp3) is 0.619. The van der Waals surface area contributed by atoms with Gasteiger partial charge >= 0.3 is 0 Å². The molecule has 2 fully saturated rings. The van der Waals surface area contributed by atoms with Crippen LogP contribution >= 0.6 is 11.3 Å². The number of aromatic nitrogens is 2. The largest absolute Gasteiger partial charge is 0.341 e. The molecule has 30 heavy (non-hydrogen) atoms. The SMILES string of the molecule is Cc1csc(-c2cc(S(=O)(=O)N3CCC(C)CC3)cn2CC(=O)N2CCCCC2)n1. The van der Waals surface area contributed by atoms with Crippen molar-refractivity contribution >= 4 is 27.3 Å². The molecule has 9 heteroatoms. The molecule has 0 aliphatic carbocycles. The molecular formula is C21H30N4O3S2. The van der Waals surface area contributed by atoms with Crippen molar-refractivity contribution in [1.82, 2.24) is 18.8 Å². The van der Waals surface area contributed by atoms with Gasteiger partial charge in [-0.25, -0.2) is 13.4 Å². The van der Waals surface area contributed by atoms with Crippen LogP contribution < -0.4 is 0 Å². The Bertz CT molecular complexity index is 997. The lowest BCUT2D eigenvalue weighted by atomic mass is 10.0. The predicted molar refractivity (Wildman–Crippen MR) is 118 cm³/mol. The summed E-state index contributed by atoms with van der Waals surface area (Å²) in [5.74, 6) is 0.590. The monoisotopic (exact) mass is 450 g/mol. The molecule has 7 nitrogen and oxygen atoms in total. The van der Waals surface area contributed by atoms with Crippen LogP contribution in [0.3, 0.4) is 0 Å². The number of hydrogen-bond acceptors (Lipinski definition) is 5. The molecule has 2 saturated heterocycles. The number of rotatable bonds is 5. The van der Waals surface area contributed by atoms with Crippen molar-refractivity contribution in [2.45, 2.75) is 57.4 Å². The van der Waals surface area contributed by atoms with Crippen molar-refractivity contribution in [1.29, 1.82) is 0 Å². The summed E-state index contributed by atoms with van der Waals surface area (Å²) in [4.78, 5) is 19.6. The molecule has 2 aromatic heterocycles. The van der Waals surface area contributed by atoms with E-state index in [1.54, 1.807) is 21.1 Å². The number of thiazole rings is 1. The Morgan fingerprint density at radius 3 is 2.50 bits per heavy atom. The van der Waals surface area contributed by atoms with Crippen LogP contribution in [-0.4, -0.2) is 59.3 Å². The Hall–Kier alpha value is -1.71. The Labute approximate surface area is 182 Å². The Morgan fingerprint density at radius 2 is 1.87 bits per heavy atom. The molecule has 0 atom stereocenters. The van der Waals surface area contributed by atoms with Gasteiger partial charge in [-0.2, -0.15) is 4.31 Å². The number of piperidine rings is 2. The zero-order valence-corrected chi connectivity index (χ0v) is 19.3. The molecule has 0 unspecified atom stereocenters. The number of aryl methyl sites for hydroxylation is 1. The fourth-order valence-corrected chi connectivity index (χ4v) is 6.51. The van der Waals surface area contributed by atoms with Crippen LogP contribution in [0.2, 0.25) is 0 Å². The zero-order chi connectivity index (χ0) is 21.3. The van der Waals surface area contributed by atoms with E-state index in [1.165, 1.54) is 11.3 Å². The summed E-state index contributed by atoms with van der Waals surface area (Å²) >= 11 is 1.47. The first-order valence-corrected chi connectivity index (χ1v) is 13.1. The maximum atomic E-state index is 13.3. The van der Waals surface area contributed by atoms with E-state index in [0.29, 0.717) is 24.7 Å². The zero-order valence-electron chi connectivity index (χ0n) is 17.7. The van der Waals surface area contributed by atoms with Gasteiger partial charge in [0.1, 0.15) is 16.4 Å². The third-order valence-corrected chi connectivity index (χ3v) is 8.95. The maximum absolute atomic E-state index is 13.3. The van der Waals surface area contributed by atoms with E-state index in [0.717, 1.165) is 55.9 Å². The average Bonchev–Trinajstić information content (AvgIpc) is 3.35. The van der Waals surface area contributed by atoms with Crippen molar-refractivity contribution in [3.8, 4) is 10.7 Å². The molecule has 164 valence electrons. The normalized spacial score (nSPS) is 19.3. The van der Waals surface area contributed by atoms with E-state index >= 15 is 0 Å². The van der Waals surface area contributed by atoms with Gasteiger partial charge in [0, 0.05) is 43.4 Å². The van der Waals surface area contributed by atoms with Crippen LogP contribution in [0.5, 0.6) is 0 Å². The number of sulfonamides is 1. The van der Waals surface area contributed by atoms with E-state index < -0.39 is 10.0 Å². The van der Waals surface area contributed by atoms with Crippen molar-refractivity contribution < 1.29 is 13.2 Å². The van der Waals surface area contributed by atoms with Crippen LogP contribution in [0.25, 0.3) is 10.7 Å². The summed E-state index contributed by atoms with van der Waals surface area (Å²) in [6.07, 6.45) is 6.61. The number of carbonyl (C=O) groups excluding carboxylic acids is 1. The third-order valence-electron chi connectivity index (χ3n) is 6.10.